The first-order chi connectivity index (χ1) is 4.70. The minimum absolute atomic E-state index is 1.02. The third-order valence-corrected chi connectivity index (χ3v) is 4.23. The van der Waals surface area contributed by atoms with Gasteiger partial charge in [0.2, 0.25) is 0 Å². The molecule has 58 valence electrons. The molecule has 2 rings (SSSR count). The van der Waals surface area contributed by atoms with Gasteiger partial charge in [-0.25, -0.2) is 0 Å². The standard InChI is InChI=1S/C10H18/c1-6-4-9-5-10(6)8(3)7(9)2/h6-10H,4-5H2,1-3H3. The van der Waals surface area contributed by atoms with Gasteiger partial charge in [-0.15, -0.1) is 0 Å². The van der Waals surface area contributed by atoms with Crippen molar-refractivity contribution in [3.8, 4) is 0 Å². The van der Waals surface area contributed by atoms with Crippen LogP contribution in [0.4, 0.5) is 0 Å². The van der Waals surface area contributed by atoms with E-state index in [1.165, 1.54) is 6.42 Å². The van der Waals surface area contributed by atoms with Crippen molar-refractivity contribution in [2.75, 3.05) is 0 Å². The second kappa shape index (κ2) is 1.99. The molecule has 2 bridgehead atoms. The smallest absolute Gasteiger partial charge is 0.0357 e. The molecule has 0 radical (unpaired) electrons. The van der Waals surface area contributed by atoms with Crippen molar-refractivity contribution in [3.63, 3.8) is 0 Å². The summed E-state index contributed by atoms with van der Waals surface area (Å²) in [5, 5.41) is 0. The Morgan fingerprint density at radius 1 is 0.900 bits per heavy atom. The first-order valence-electron chi connectivity index (χ1n) is 4.70. The molecule has 0 aromatic carbocycles. The Labute approximate surface area is 64.0 Å². The van der Waals surface area contributed by atoms with Crippen molar-refractivity contribution in [2.45, 2.75) is 33.6 Å². The lowest BCUT2D eigenvalue weighted by Crippen LogP contribution is -2.22. The molecule has 0 saturated heterocycles. The summed E-state index contributed by atoms with van der Waals surface area (Å²) in [5.74, 6) is 5.26. The molecule has 0 amide bonds. The predicted octanol–water partition coefficient (Wildman–Crippen LogP) is 2.93. The first kappa shape index (κ1) is 6.69. The normalized spacial score (nSPS) is 59.7. The lowest BCUT2D eigenvalue weighted by molar-refractivity contribution is 0.201. The van der Waals surface area contributed by atoms with Gasteiger partial charge in [0, 0.05) is 0 Å². The lowest BCUT2D eigenvalue weighted by atomic mass is 9.77. The molecule has 2 fully saturated rings. The van der Waals surface area contributed by atoms with Gasteiger partial charge in [-0.3, -0.25) is 0 Å². The van der Waals surface area contributed by atoms with Crippen LogP contribution >= 0.6 is 0 Å². The Kier molecular flexibility index (Phi) is 1.33. The maximum absolute atomic E-state index is 2.45. The van der Waals surface area contributed by atoms with Crippen LogP contribution in [0.1, 0.15) is 33.6 Å². The summed E-state index contributed by atoms with van der Waals surface area (Å²) in [6.45, 7) is 7.33. The molecule has 2 aliphatic rings. The van der Waals surface area contributed by atoms with Gasteiger partial charge in [0.15, 0.2) is 0 Å². The monoisotopic (exact) mass is 138 g/mol. The molecular formula is C10H18. The number of fused-ring (bicyclic) bond motifs is 2. The van der Waals surface area contributed by atoms with Crippen molar-refractivity contribution < 1.29 is 0 Å². The van der Waals surface area contributed by atoms with Gasteiger partial charge in [-0.05, 0) is 42.4 Å². The van der Waals surface area contributed by atoms with Crippen LogP contribution in [0.15, 0.2) is 0 Å². The average molecular weight is 138 g/mol. The Morgan fingerprint density at radius 3 is 2.00 bits per heavy atom. The Bertz CT molecular complexity index is 137. The van der Waals surface area contributed by atoms with Gasteiger partial charge in [-0.1, -0.05) is 20.8 Å². The number of hydrogen-bond acceptors (Lipinski definition) is 0. The SMILES string of the molecule is CC1CC2CC1C(C)C2C. The molecule has 0 aromatic heterocycles. The molecule has 2 saturated carbocycles. The molecule has 5 unspecified atom stereocenters. The predicted molar refractivity (Wildman–Crippen MR) is 43.7 cm³/mol. The molecule has 0 aromatic rings. The van der Waals surface area contributed by atoms with Crippen LogP contribution in [0.2, 0.25) is 0 Å². The Hall–Kier alpha value is 0. The van der Waals surface area contributed by atoms with Crippen LogP contribution in [0.5, 0.6) is 0 Å². The summed E-state index contributed by atoms with van der Waals surface area (Å²) in [5.41, 5.74) is 0. The van der Waals surface area contributed by atoms with Gasteiger partial charge in [0.25, 0.3) is 0 Å². The molecule has 10 heavy (non-hydrogen) atoms. The summed E-state index contributed by atoms with van der Waals surface area (Å²) in [7, 11) is 0. The fraction of sp³-hybridized carbons (Fsp3) is 1.00. The fourth-order valence-corrected chi connectivity index (χ4v) is 3.31. The highest BCUT2D eigenvalue weighted by atomic mass is 14.5. The highest BCUT2D eigenvalue weighted by Crippen LogP contribution is 2.54. The highest BCUT2D eigenvalue weighted by molar-refractivity contribution is 4.95. The number of rotatable bonds is 0. The molecule has 0 nitrogen and oxygen atoms in total. The molecule has 0 aliphatic heterocycles. The topological polar surface area (TPSA) is 0 Å². The minimum Gasteiger partial charge on any atom is -0.0622 e. The number of hydrogen-bond donors (Lipinski definition) is 0. The van der Waals surface area contributed by atoms with E-state index in [1.54, 1.807) is 6.42 Å². The fourth-order valence-electron chi connectivity index (χ4n) is 3.31. The zero-order valence-electron chi connectivity index (χ0n) is 7.30. The maximum Gasteiger partial charge on any atom is -0.0357 e. The molecule has 0 spiro atoms. The van der Waals surface area contributed by atoms with Gasteiger partial charge in [-0.2, -0.15) is 0 Å². The maximum atomic E-state index is 2.45. The van der Waals surface area contributed by atoms with Crippen LogP contribution in [0.25, 0.3) is 0 Å². The van der Waals surface area contributed by atoms with Crippen LogP contribution in [0, 0.1) is 29.6 Å². The van der Waals surface area contributed by atoms with E-state index in [0.29, 0.717) is 0 Å². The molecular weight excluding hydrogens is 120 g/mol. The Balaban J connectivity index is 2.16. The van der Waals surface area contributed by atoms with Gasteiger partial charge >= 0.3 is 0 Å². The van der Waals surface area contributed by atoms with Crippen molar-refractivity contribution >= 4 is 0 Å². The molecule has 0 heterocycles. The van der Waals surface area contributed by atoms with Crippen LogP contribution in [-0.4, -0.2) is 0 Å². The second-order valence-electron chi connectivity index (χ2n) is 4.59. The summed E-state index contributed by atoms with van der Waals surface area (Å²) in [4.78, 5) is 0. The van der Waals surface area contributed by atoms with Gasteiger partial charge in [0.1, 0.15) is 0 Å². The van der Waals surface area contributed by atoms with Crippen molar-refractivity contribution in [3.05, 3.63) is 0 Å². The van der Waals surface area contributed by atoms with E-state index >= 15 is 0 Å². The molecule has 0 heteroatoms. The van der Waals surface area contributed by atoms with Crippen LogP contribution < -0.4 is 0 Å². The molecule has 5 atom stereocenters. The molecule has 2 aliphatic carbocycles. The largest absolute Gasteiger partial charge is 0.0622 e. The zero-order chi connectivity index (χ0) is 7.30. The molecule has 0 N–H and O–H groups in total. The average Bonchev–Trinajstić information content (AvgIpc) is 2.36. The summed E-state index contributed by atoms with van der Waals surface area (Å²) < 4.78 is 0. The zero-order valence-corrected chi connectivity index (χ0v) is 7.30. The Morgan fingerprint density at radius 2 is 1.60 bits per heavy atom. The van der Waals surface area contributed by atoms with Crippen LogP contribution in [0.3, 0.4) is 0 Å². The second-order valence-corrected chi connectivity index (χ2v) is 4.59. The quantitative estimate of drug-likeness (QED) is 0.483. The minimum atomic E-state index is 1.02. The summed E-state index contributed by atoms with van der Waals surface area (Å²) >= 11 is 0. The summed E-state index contributed by atoms with van der Waals surface area (Å²) in [6.07, 6.45) is 3.07. The van der Waals surface area contributed by atoms with Crippen molar-refractivity contribution in [1.82, 2.24) is 0 Å². The first-order valence-corrected chi connectivity index (χ1v) is 4.70. The van der Waals surface area contributed by atoms with Crippen molar-refractivity contribution in [1.29, 1.82) is 0 Å². The summed E-state index contributed by atoms with van der Waals surface area (Å²) in [6, 6.07) is 0. The van der Waals surface area contributed by atoms with E-state index < -0.39 is 0 Å². The van der Waals surface area contributed by atoms with E-state index in [-0.39, 0.29) is 0 Å². The van der Waals surface area contributed by atoms with Gasteiger partial charge in [0.05, 0.1) is 0 Å². The van der Waals surface area contributed by atoms with E-state index in [4.69, 9.17) is 0 Å². The van der Waals surface area contributed by atoms with Crippen molar-refractivity contribution in [2.24, 2.45) is 29.6 Å². The van der Waals surface area contributed by atoms with E-state index in [0.717, 1.165) is 29.6 Å². The lowest BCUT2D eigenvalue weighted by Gasteiger charge is -2.29. The van der Waals surface area contributed by atoms with E-state index in [9.17, 15) is 0 Å². The third-order valence-electron chi connectivity index (χ3n) is 4.23. The van der Waals surface area contributed by atoms with E-state index in [2.05, 4.69) is 20.8 Å². The van der Waals surface area contributed by atoms with Crippen LogP contribution in [-0.2, 0) is 0 Å². The third kappa shape index (κ3) is 0.681. The highest BCUT2D eigenvalue weighted by Gasteiger charge is 2.46. The van der Waals surface area contributed by atoms with Gasteiger partial charge < -0.3 is 0 Å². The van der Waals surface area contributed by atoms with E-state index in [1.807, 2.05) is 0 Å².